The molecule has 2 saturated heterocycles. The molecule has 0 aromatic rings. The molecule has 0 radical (unpaired) electrons. The molecule has 2 fully saturated rings. The number of urea groups is 1. The number of hydrogen-bond acceptors (Lipinski definition) is 3. The molecule has 6 heteroatoms. The number of amides is 2. The maximum atomic E-state index is 11.9. The molecule has 2 aliphatic rings. The fourth-order valence-corrected chi connectivity index (χ4v) is 3.50. The van der Waals surface area contributed by atoms with Crippen molar-refractivity contribution in [1.29, 1.82) is 0 Å². The molecular weight excluding hydrogens is 258 g/mol. The molecule has 20 heavy (non-hydrogen) atoms. The molecule has 2 rings (SSSR count). The zero-order chi connectivity index (χ0) is 14.7. The van der Waals surface area contributed by atoms with Crippen molar-refractivity contribution >= 4 is 12.0 Å². The highest BCUT2D eigenvalue weighted by atomic mass is 16.4. The second kappa shape index (κ2) is 6.43. The van der Waals surface area contributed by atoms with E-state index in [4.69, 9.17) is 5.11 Å². The van der Waals surface area contributed by atoms with Crippen LogP contribution in [0.5, 0.6) is 0 Å². The van der Waals surface area contributed by atoms with Crippen LogP contribution >= 0.6 is 0 Å². The van der Waals surface area contributed by atoms with Gasteiger partial charge < -0.3 is 20.6 Å². The average molecular weight is 283 g/mol. The van der Waals surface area contributed by atoms with E-state index in [0.717, 1.165) is 12.8 Å². The van der Waals surface area contributed by atoms with E-state index < -0.39 is 5.97 Å². The summed E-state index contributed by atoms with van der Waals surface area (Å²) in [5.41, 5.74) is 0. The second-order valence-electron chi connectivity index (χ2n) is 6.19. The van der Waals surface area contributed by atoms with Crippen molar-refractivity contribution in [2.45, 2.75) is 69.6 Å². The third-order valence-corrected chi connectivity index (χ3v) is 4.53. The van der Waals surface area contributed by atoms with E-state index in [-0.39, 0.29) is 24.5 Å². The Morgan fingerprint density at radius 1 is 1.30 bits per heavy atom. The summed E-state index contributed by atoms with van der Waals surface area (Å²) in [5.74, 6) is -0.897. The summed E-state index contributed by atoms with van der Waals surface area (Å²) in [6.07, 6.45) is 5.65. The van der Waals surface area contributed by atoms with E-state index in [0.29, 0.717) is 12.1 Å². The van der Waals surface area contributed by atoms with Gasteiger partial charge in [0, 0.05) is 24.2 Å². The maximum Gasteiger partial charge on any atom is 0.315 e. The highest BCUT2D eigenvalue weighted by Crippen LogP contribution is 2.32. The van der Waals surface area contributed by atoms with Gasteiger partial charge >= 0.3 is 12.0 Å². The standard InChI is InChI=1S/C14H25N3O3/c1-9(6-13(18)19)15-14(20)16-10-7-11-4-3-5-12(8-10)17(11)2/h9-12H,3-8H2,1-2H3,(H,18,19)(H2,15,16,20). The van der Waals surface area contributed by atoms with Gasteiger partial charge in [0.25, 0.3) is 0 Å². The second-order valence-corrected chi connectivity index (χ2v) is 6.19. The minimum absolute atomic E-state index is 0.0495. The Morgan fingerprint density at radius 2 is 1.90 bits per heavy atom. The van der Waals surface area contributed by atoms with E-state index in [1.54, 1.807) is 6.92 Å². The number of fused-ring (bicyclic) bond motifs is 2. The van der Waals surface area contributed by atoms with Crippen LogP contribution in [0.15, 0.2) is 0 Å². The Balaban J connectivity index is 1.79. The normalized spacial score (nSPS) is 31.4. The quantitative estimate of drug-likeness (QED) is 0.723. The number of nitrogens with one attached hydrogen (secondary N) is 2. The Bertz CT molecular complexity index is 361. The van der Waals surface area contributed by atoms with Gasteiger partial charge in [-0.2, -0.15) is 0 Å². The Morgan fingerprint density at radius 3 is 2.45 bits per heavy atom. The molecule has 2 bridgehead atoms. The summed E-state index contributed by atoms with van der Waals surface area (Å²) in [6, 6.07) is 0.761. The Hall–Kier alpha value is -1.30. The average Bonchev–Trinajstić information content (AvgIpc) is 2.28. The van der Waals surface area contributed by atoms with Gasteiger partial charge in [0.1, 0.15) is 0 Å². The zero-order valence-corrected chi connectivity index (χ0v) is 12.3. The zero-order valence-electron chi connectivity index (χ0n) is 12.3. The molecule has 2 amide bonds. The molecule has 2 heterocycles. The highest BCUT2D eigenvalue weighted by molar-refractivity contribution is 5.75. The fraction of sp³-hybridized carbons (Fsp3) is 0.857. The topological polar surface area (TPSA) is 81.7 Å². The van der Waals surface area contributed by atoms with E-state index in [9.17, 15) is 9.59 Å². The number of aliphatic carboxylic acids is 1. The van der Waals surface area contributed by atoms with Gasteiger partial charge in [-0.05, 0) is 39.7 Å². The predicted octanol–water partition coefficient (Wildman–Crippen LogP) is 1.16. The first kappa shape index (κ1) is 15.1. The Kier molecular flexibility index (Phi) is 4.86. The van der Waals surface area contributed by atoms with E-state index in [1.165, 1.54) is 19.3 Å². The van der Waals surface area contributed by atoms with Gasteiger partial charge in [0.2, 0.25) is 0 Å². The third-order valence-electron chi connectivity index (χ3n) is 4.53. The largest absolute Gasteiger partial charge is 0.481 e. The van der Waals surface area contributed by atoms with Crippen molar-refractivity contribution in [3.05, 3.63) is 0 Å². The molecular formula is C14H25N3O3. The number of carbonyl (C=O) groups is 2. The molecule has 6 nitrogen and oxygen atoms in total. The lowest BCUT2D eigenvalue weighted by molar-refractivity contribution is -0.137. The number of nitrogens with zero attached hydrogens (tertiary/aromatic N) is 1. The summed E-state index contributed by atoms with van der Waals surface area (Å²) in [6.45, 7) is 1.71. The van der Waals surface area contributed by atoms with Crippen LogP contribution in [0.3, 0.4) is 0 Å². The lowest BCUT2D eigenvalue weighted by atomic mass is 9.82. The van der Waals surface area contributed by atoms with Crippen molar-refractivity contribution in [2.75, 3.05) is 7.05 Å². The summed E-state index contributed by atoms with van der Waals surface area (Å²) < 4.78 is 0. The molecule has 114 valence electrons. The minimum Gasteiger partial charge on any atom is -0.481 e. The van der Waals surface area contributed by atoms with Crippen LogP contribution < -0.4 is 10.6 Å². The molecule has 3 unspecified atom stereocenters. The number of carboxylic acids is 1. The lowest BCUT2D eigenvalue weighted by Gasteiger charge is -2.47. The minimum atomic E-state index is -0.897. The number of rotatable bonds is 4. The van der Waals surface area contributed by atoms with Gasteiger partial charge in [-0.3, -0.25) is 4.79 Å². The van der Waals surface area contributed by atoms with Crippen LogP contribution in [0.25, 0.3) is 0 Å². The molecule has 0 aromatic heterocycles. The van der Waals surface area contributed by atoms with E-state index in [2.05, 4.69) is 22.6 Å². The SMILES string of the molecule is CC(CC(=O)O)NC(=O)NC1CC2CCCC(C1)N2C. The number of carboxylic acid groups (broad SMARTS) is 1. The predicted molar refractivity (Wildman–Crippen MR) is 75.6 cm³/mol. The first-order valence-corrected chi connectivity index (χ1v) is 7.46. The summed E-state index contributed by atoms with van der Waals surface area (Å²) >= 11 is 0. The van der Waals surface area contributed by atoms with Crippen LogP contribution in [0.2, 0.25) is 0 Å². The van der Waals surface area contributed by atoms with Crippen LogP contribution in [0.4, 0.5) is 4.79 Å². The third kappa shape index (κ3) is 3.85. The first-order chi connectivity index (χ1) is 9.45. The van der Waals surface area contributed by atoms with Crippen molar-refractivity contribution < 1.29 is 14.7 Å². The fourth-order valence-electron chi connectivity index (χ4n) is 3.50. The van der Waals surface area contributed by atoms with Crippen molar-refractivity contribution in [1.82, 2.24) is 15.5 Å². The van der Waals surface area contributed by atoms with E-state index >= 15 is 0 Å². The monoisotopic (exact) mass is 283 g/mol. The molecule has 3 atom stereocenters. The van der Waals surface area contributed by atoms with Crippen LogP contribution in [-0.2, 0) is 4.79 Å². The van der Waals surface area contributed by atoms with Crippen LogP contribution in [0.1, 0.15) is 45.4 Å². The number of hydrogen-bond donors (Lipinski definition) is 3. The van der Waals surface area contributed by atoms with E-state index in [1.807, 2.05) is 0 Å². The molecule has 0 spiro atoms. The maximum absolute atomic E-state index is 11.9. The summed E-state index contributed by atoms with van der Waals surface area (Å²) in [5, 5.41) is 14.4. The molecule has 2 aliphatic heterocycles. The van der Waals surface area contributed by atoms with Gasteiger partial charge in [0.15, 0.2) is 0 Å². The molecule has 0 aromatic carbocycles. The highest BCUT2D eigenvalue weighted by Gasteiger charge is 2.36. The van der Waals surface area contributed by atoms with Crippen molar-refractivity contribution in [2.24, 2.45) is 0 Å². The summed E-state index contributed by atoms with van der Waals surface area (Å²) in [7, 11) is 2.18. The number of piperidine rings is 2. The van der Waals surface area contributed by atoms with Crippen LogP contribution in [-0.4, -0.2) is 53.2 Å². The molecule has 0 aliphatic carbocycles. The van der Waals surface area contributed by atoms with Crippen LogP contribution in [0, 0.1) is 0 Å². The smallest absolute Gasteiger partial charge is 0.315 e. The lowest BCUT2D eigenvalue weighted by Crippen LogP contribution is -2.57. The van der Waals surface area contributed by atoms with Crippen molar-refractivity contribution in [3.63, 3.8) is 0 Å². The van der Waals surface area contributed by atoms with Gasteiger partial charge in [-0.15, -0.1) is 0 Å². The number of carbonyl (C=O) groups excluding carboxylic acids is 1. The van der Waals surface area contributed by atoms with Gasteiger partial charge in [-0.1, -0.05) is 6.42 Å². The molecule has 0 saturated carbocycles. The first-order valence-electron chi connectivity index (χ1n) is 7.46. The summed E-state index contributed by atoms with van der Waals surface area (Å²) in [4.78, 5) is 24.9. The molecule has 3 N–H and O–H groups in total. The van der Waals surface area contributed by atoms with Gasteiger partial charge in [-0.25, -0.2) is 4.79 Å². The van der Waals surface area contributed by atoms with Gasteiger partial charge in [0.05, 0.1) is 6.42 Å². The Labute approximate surface area is 119 Å². The van der Waals surface area contributed by atoms with Crippen molar-refractivity contribution in [3.8, 4) is 0 Å².